The molecule has 0 bridgehead atoms. The van der Waals surface area contributed by atoms with Gasteiger partial charge >= 0.3 is 0 Å². The zero-order valence-electron chi connectivity index (χ0n) is 9.53. The molecule has 0 saturated carbocycles. The van der Waals surface area contributed by atoms with Gasteiger partial charge in [-0.05, 0) is 16.5 Å². The van der Waals surface area contributed by atoms with Crippen LogP contribution in [0, 0.1) is 0 Å². The minimum atomic E-state index is -0.260. The Morgan fingerprint density at radius 3 is 2.00 bits per heavy atom. The fraction of sp³-hybridized carbons (Fsp3) is 0.500. The van der Waals surface area contributed by atoms with Crippen molar-refractivity contribution >= 4 is 12.4 Å². The average molecular weight is 230 g/mol. The van der Waals surface area contributed by atoms with Crippen molar-refractivity contribution in [1.82, 2.24) is 0 Å². The summed E-state index contributed by atoms with van der Waals surface area (Å²) in [6, 6.07) is 7.86. The van der Waals surface area contributed by atoms with Gasteiger partial charge in [-0.2, -0.15) is 0 Å². The first-order chi connectivity index (χ1) is 6.45. The molecular weight excluding hydrogens is 210 g/mol. The fourth-order valence-electron chi connectivity index (χ4n) is 1.34. The maximum absolute atomic E-state index is 8.89. The number of nitrogens with two attached hydrogens (primary N) is 1. The zero-order valence-corrected chi connectivity index (χ0v) is 10.3. The SMILES string of the molecule is CC(C)(C)c1ccc([C@@H](N)CO)cc1.Cl. The normalized spacial score (nSPS) is 13.1. The van der Waals surface area contributed by atoms with Gasteiger partial charge in [0.2, 0.25) is 0 Å². The molecule has 1 aromatic carbocycles. The molecule has 1 atom stereocenters. The first-order valence-electron chi connectivity index (χ1n) is 4.92. The second-order valence-corrected chi connectivity index (χ2v) is 4.66. The van der Waals surface area contributed by atoms with Crippen LogP contribution in [0.3, 0.4) is 0 Å². The maximum Gasteiger partial charge on any atom is 0.0624 e. The van der Waals surface area contributed by atoms with Crippen molar-refractivity contribution in [3.8, 4) is 0 Å². The summed E-state index contributed by atoms with van der Waals surface area (Å²) in [6.07, 6.45) is 0. The third-order valence-corrected chi connectivity index (χ3v) is 2.40. The summed E-state index contributed by atoms with van der Waals surface area (Å²) in [5, 5.41) is 8.89. The zero-order chi connectivity index (χ0) is 10.8. The number of hydrogen-bond donors (Lipinski definition) is 2. The van der Waals surface area contributed by atoms with Crippen LogP contribution in [-0.2, 0) is 5.41 Å². The molecule has 1 aromatic rings. The first kappa shape index (κ1) is 14.4. The van der Waals surface area contributed by atoms with Crippen molar-refractivity contribution in [2.45, 2.75) is 32.2 Å². The van der Waals surface area contributed by atoms with Crippen molar-refractivity contribution in [3.63, 3.8) is 0 Å². The highest BCUT2D eigenvalue weighted by Gasteiger charge is 2.13. The summed E-state index contributed by atoms with van der Waals surface area (Å²) < 4.78 is 0. The third-order valence-electron chi connectivity index (χ3n) is 2.40. The Labute approximate surface area is 97.9 Å². The van der Waals surface area contributed by atoms with Gasteiger partial charge in [0.25, 0.3) is 0 Å². The van der Waals surface area contributed by atoms with Crippen LogP contribution >= 0.6 is 12.4 Å². The number of rotatable bonds is 2. The fourth-order valence-corrected chi connectivity index (χ4v) is 1.34. The van der Waals surface area contributed by atoms with Crippen LogP contribution in [0.5, 0.6) is 0 Å². The number of benzene rings is 1. The van der Waals surface area contributed by atoms with Gasteiger partial charge in [-0.15, -0.1) is 12.4 Å². The number of aliphatic hydroxyl groups is 1. The summed E-state index contributed by atoms with van der Waals surface area (Å²) in [5.74, 6) is 0. The Balaban J connectivity index is 0.00000196. The van der Waals surface area contributed by atoms with E-state index in [0.29, 0.717) is 0 Å². The number of hydrogen-bond acceptors (Lipinski definition) is 2. The van der Waals surface area contributed by atoms with E-state index in [1.165, 1.54) is 5.56 Å². The molecule has 1 rings (SSSR count). The molecule has 3 heteroatoms. The molecule has 2 nitrogen and oxygen atoms in total. The molecular formula is C12H20ClNO. The minimum Gasteiger partial charge on any atom is -0.394 e. The van der Waals surface area contributed by atoms with E-state index in [9.17, 15) is 0 Å². The second-order valence-electron chi connectivity index (χ2n) is 4.66. The molecule has 0 unspecified atom stereocenters. The summed E-state index contributed by atoms with van der Waals surface area (Å²) in [5.41, 5.74) is 8.14. The van der Waals surface area contributed by atoms with Gasteiger partial charge in [0.1, 0.15) is 0 Å². The van der Waals surface area contributed by atoms with Gasteiger partial charge in [0.05, 0.1) is 12.6 Å². The standard InChI is InChI=1S/C12H19NO.ClH/c1-12(2,3)10-6-4-9(5-7-10)11(13)8-14;/h4-7,11,14H,8,13H2,1-3H3;1H/t11-;/m0./s1. The number of aliphatic hydroxyl groups excluding tert-OH is 1. The Morgan fingerprint density at radius 1 is 1.20 bits per heavy atom. The van der Waals surface area contributed by atoms with Gasteiger partial charge in [0, 0.05) is 0 Å². The minimum absolute atomic E-state index is 0. The highest BCUT2D eigenvalue weighted by atomic mass is 35.5. The molecule has 0 amide bonds. The summed E-state index contributed by atoms with van der Waals surface area (Å²) in [6.45, 7) is 6.52. The Kier molecular flexibility index (Phi) is 5.29. The first-order valence-corrected chi connectivity index (χ1v) is 4.92. The quantitative estimate of drug-likeness (QED) is 0.818. The van der Waals surface area contributed by atoms with Crippen molar-refractivity contribution in [1.29, 1.82) is 0 Å². The third kappa shape index (κ3) is 3.82. The van der Waals surface area contributed by atoms with Gasteiger partial charge in [-0.3, -0.25) is 0 Å². The predicted molar refractivity (Wildman–Crippen MR) is 66.4 cm³/mol. The number of halogens is 1. The summed E-state index contributed by atoms with van der Waals surface area (Å²) in [7, 11) is 0. The van der Waals surface area contributed by atoms with Crippen molar-refractivity contribution in [2.75, 3.05) is 6.61 Å². The second kappa shape index (κ2) is 5.50. The Bertz CT molecular complexity index is 289. The molecule has 0 radical (unpaired) electrons. The topological polar surface area (TPSA) is 46.2 Å². The van der Waals surface area contributed by atoms with Crippen LogP contribution in [0.1, 0.15) is 37.9 Å². The van der Waals surface area contributed by atoms with E-state index in [0.717, 1.165) is 5.56 Å². The maximum atomic E-state index is 8.89. The van der Waals surface area contributed by atoms with Gasteiger partial charge < -0.3 is 10.8 Å². The molecule has 0 fully saturated rings. The highest BCUT2D eigenvalue weighted by molar-refractivity contribution is 5.85. The smallest absolute Gasteiger partial charge is 0.0624 e. The van der Waals surface area contributed by atoms with Crippen molar-refractivity contribution in [2.24, 2.45) is 5.73 Å². The molecule has 0 heterocycles. The van der Waals surface area contributed by atoms with Crippen LogP contribution in [0.2, 0.25) is 0 Å². The van der Waals surface area contributed by atoms with Gasteiger partial charge in [0.15, 0.2) is 0 Å². The van der Waals surface area contributed by atoms with E-state index in [2.05, 4.69) is 32.9 Å². The lowest BCUT2D eigenvalue weighted by molar-refractivity contribution is 0.268. The van der Waals surface area contributed by atoms with Crippen molar-refractivity contribution < 1.29 is 5.11 Å². The monoisotopic (exact) mass is 229 g/mol. The van der Waals surface area contributed by atoms with E-state index in [-0.39, 0.29) is 30.5 Å². The van der Waals surface area contributed by atoms with E-state index in [4.69, 9.17) is 10.8 Å². The predicted octanol–water partition coefficient (Wildman–Crippen LogP) is 2.40. The van der Waals surface area contributed by atoms with E-state index in [1.807, 2.05) is 12.1 Å². The summed E-state index contributed by atoms with van der Waals surface area (Å²) >= 11 is 0. The van der Waals surface area contributed by atoms with Gasteiger partial charge in [-0.25, -0.2) is 0 Å². The Hall–Kier alpha value is -0.570. The van der Waals surface area contributed by atoms with Crippen LogP contribution in [0.4, 0.5) is 0 Å². The van der Waals surface area contributed by atoms with Crippen LogP contribution in [0.25, 0.3) is 0 Å². The summed E-state index contributed by atoms with van der Waals surface area (Å²) in [4.78, 5) is 0. The van der Waals surface area contributed by atoms with E-state index < -0.39 is 0 Å². The highest BCUT2D eigenvalue weighted by Crippen LogP contribution is 2.23. The van der Waals surface area contributed by atoms with E-state index in [1.54, 1.807) is 0 Å². The Morgan fingerprint density at radius 2 is 1.67 bits per heavy atom. The molecule has 0 aromatic heterocycles. The largest absolute Gasteiger partial charge is 0.394 e. The van der Waals surface area contributed by atoms with Crippen LogP contribution in [-0.4, -0.2) is 11.7 Å². The lowest BCUT2D eigenvalue weighted by Gasteiger charge is -2.19. The lowest BCUT2D eigenvalue weighted by atomic mass is 9.86. The molecule has 86 valence electrons. The average Bonchev–Trinajstić information content (AvgIpc) is 2.15. The molecule has 0 aliphatic heterocycles. The van der Waals surface area contributed by atoms with Crippen LogP contribution < -0.4 is 5.73 Å². The van der Waals surface area contributed by atoms with Crippen LogP contribution in [0.15, 0.2) is 24.3 Å². The molecule has 15 heavy (non-hydrogen) atoms. The molecule has 3 N–H and O–H groups in total. The molecule has 0 spiro atoms. The van der Waals surface area contributed by atoms with Crippen molar-refractivity contribution in [3.05, 3.63) is 35.4 Å². The molecule has 0 aliphatic carbocycles. The van der Waals surface area contributed by atoms with E-state index >= 15 is 0 Å². The molecule has 0 saturated heterocycles. The van der Waals surface area contributed by atoms with Gasteiger partial charge in [-0.1, -0.05) is 45.0 Å². The lowest BCUT2D eigenvalue weighted by Crippen LogP contribution is -2.15. The molecule has 0 aliphatic rings.